The minimum atomic E-state index is -4.56. The molecular formula is C32H22ClF3N2O2. The summed E-state index contributed by atoms with van der Waals surface area (Å²) in [5.74, 6) is -0.589. The maximum Gasteiger partial charge on any atom is 0.417 e. The van der Waals surface area contributed by atoms with Crippen LogP contribution < -0.4 is 0 Å². The fourth-order valence-corrected chi connectivity index (χ4v) is 4.45. The number of carboxylic acids is 1. The standard InChI is InChI=1S/C32H22ClF3N2O2/c33-27-15-12-24(13-16-27)29-20-38(19-21-6-8-25(9-7-21)31(39)40)30(37-29)17-14-23-10-11-26(18-28(23)32(34,35)36)22-4-2-1-3-5-22/h1-18,20H,19H2,(H,39,40)/b17-14+. The molecule has 0 bridgehead atoms. The van der Waals surface area contributed by atoms with E-state index >= 15 is 0 Å². The van der Waals surface area contributed by atoms with E-state index in [1.54, 1.807) is 66.9 Å². The second kappa shape index (κ2) is 11.2. The summed E-state index contributed by atoms with van der Waals surface area (Å²) in [5, 5.41) is 9.75. The van der Waals surface area contributed by atoms with E-state index in [2.05, 4.69) is 4.98 Å². The molecule has 0 radical (unpaired) electrons. The molecule has 0 fully saturated rings. The first-order valence-electron chi connectivity index (χ1n) is 12.3. The van der Waals surface area contributed by atoms with Gasteiger partial charge in [0.05, 0.1) is 16.8 Å². The van der Waals surface area contributed by atoms with Crippen LogP contribution in [0, 0.1) is 0 Å². The number of carboxylic acid groups (broad SMARTS) is 1. The van der Waals surface area contributed by atoms with Crippen LogP contribution in [-0.2, 0) is 12.7 Å². The lowest BCUT2D eigenvalue weighted by Gasteiger charge is -2.13. The summed E-state index contributed by atoms with van der Waals surface area (Å²) in [5.41, 5.74) is 2.82. The Morgan fingerprint density at radius 1 is 0.850 bits per heavy atom. The molecule has 4 nitrogen and oxygen atoms in total. The SMILES string of the molecule is O=C(O)c1ccc(Cn2cc(-c3ccc(Cl)cc3)nc2/C=C/c2ccc(-c3ccccc3)cc2C(F)(F)F)cc1. The number of aromatic carboxylic acids is 1. The number of imidazole rings is 1. The number of halogens is 4. The monoisotopic (exact) mass is 558 g/mol. The van der Waals surface area contributed by atoms with Gasteiger partial charge in [0.2, 0.25) is 0 Å². The molecular weight excluding hydrogens is 537 g/mol. The quantitative estimate of drug-likeness (QED) is 0.217. The molecule has 0 atom stereocenters. The van der Waals surface area contributed by atoms with Crippen molar-refractivity contribution in [2.75, 3.05) is 0 Å². The van der Waals surface area contributed by atoms with Crippen LogP contribution in [0.1, 0.15) is 32.9 Å². The topological polar surface area (TPSA) is 55.1 Å². The lowest BCUT2D eigenvalue weighted by molar-refractivity contribution is -0.137. The van der Waals surface area contributed by atoms with Gasteiger partial charge in [0.15, 0.2) is 0 Å². The average molecular weight is 559 g/mol. The minimum Gasteiger partial charge on any atom is -0.478 e. The van der Waals surface area contributed by atoms with Crippen molar-refractivity contribution in [2.24, 2.45) is 0 Å². The number of hydrogen-bond donors (Lipinski definition) is 1. The van der Waals surface area contributed by atoms with Gasteiger partial charge < -0.3 is 9.67 Å². The van der Waals surface area contributed by atoms with E-state index in [9.17, 15) is 23.1 Å². The largest absolute Gasteiger partial charge is 0.478 e. The van der Waals surface area contributed by atoms with Gasteiger partial charge in [0.1, 0.15) is 5.82 Å². The van der Waals surface area contributed by atoms with E-state index in [4.69, 9.17) is 11.6 Å². The zero-order valence-electron chi connectivity index (χ0n) is 20.9. The highest BCUT2D eigenvalue weighted by Crippen LogP contribution is 2.36. The van der Waals surface area contributed by atoms with Crippen LogP contribution in [0.25, 0.3) is 34.5 Å². The van der Waals surface area contributed by atoms with Gasteiger partial charge in [-0.05, 0) is 58.7 Å². The molecule has 4 aromatic carbocycles. The van der Waals surface area contributed by atoms with Crippen LogP contribution in [0.15, 0.2) is 103 Å². The van der Waals surface area contributed by atoms with Crippen LogP contribution in [-0.4, -0.2) is 20.6 Å². The Morgan fingerprint density at radius 2 is 1.52 bits per heavy atom. The van der Waals surface area contributed by atoms with Crippen molar-refractivity contribution in [3.63, 3.8) is 0 Å². The van der Waals surface area contributed by atoms with Crippen molar-refractivity contribution in [3.05, 3.63) is 136 Å². The molecule has 200 valence electrons. The summed E-state index contributed by atoms with van der Waals surface area (Å²) in [6.45, 7) is 0.333. The molecule has 8 heteroatoms. The molecule has 5 aromatic rings. The van der Waals surface area contributed by atoms with Gasteiger partial charge in [-0.25, -0.2) is 9.78 Å². The van der Waals surface area contributed by atoms with Crippen molar-refractivity contribution in [1.29, 1.82) is 0 Å². The molecule has 0 aliphatic heterocycles. The highest BCUT2D eigenvalue weighted by Gasteiger charge is 2.33. The molecule has 0 aliphatic carbocycles. The van der Waals surface area contributed by atoms with E-state index in [1.165, 1.54) is 24.3 Å². The summed E-state index contributed by atoms with van der Waals surface area (Å²) < 4.78 is 44.0. The predicted octanol–water partition coefficient (Wildman–Crippen LogP) is 8.81. The average Bonchev–Trinajstić information content (AvgIpc) is 3.34. The Morgan fingerprint density at radius 3 is 2.17 bits per heavy atom. The number of aromatic nitrogens is 2. The van der Waals surface area contributed by atoms with Crippen LogP contribution >= 0.6 is 11.6 Å². The third-order valence-electron chi connectivity index (χ3n) is 6.38. The van der Waals surface area contributed by atoms with E-state index in [0.717, 1.165) is 17.2 Å². The first kappa shape index (κ1) is 27.0. The molecule has 0 saturated heterocycles. The third kappa shape index (κ3) is 6.16. The van der Waals surface area contributed by atoms with Crippen molar-refractivity contribution in [3.8, 4) is 22.4 Å². The fraction of sp³-hybridized carbons (Fsp3) is 0.0625. The molecule has 1 N–H and O–H groups in total. The maximum absolute atomic E-state index is 14.1. The number of benzene rings is 4. The molecule has 5 rings (SSSR count). The normalized spacial score (nSPS) is 11.7. The number of hydrogen-bond acceptors (Lipinski definition) is 2. The highest BCUT2D eigenvalue weighted by atomic mass is 35.5. The van der Waals surface area contributed by atoms with Crippen LogP contribution in [0.4, 0.5) is 13.2 Å². The number of rotatable bonds is 7. The molecule has 0 unspecified atom stereocenters. The van der Waals surface area contributed by atoms with Gasteiger partial charge >= 0.3 is 12.1 Å². The number of nitrogens with zero attached hydrogens (tertiary/aromatic N) is 2. The van der Waals surface area contributed by atoms with E-state index in [1.807, 2.05) is 22.8 Å². The summed E-state index contributed by atoms with van der Waals surface area (Å²) in [4.78, 5) is 15.9. The molecule has 40 heavy (non-hydrogen) atoms. The number of alkyl halides is 3. The Hall–Kier alpha value is -4.62. The van der Waals surface area contributed by atoms with Gasteiger partial charge in [-0.3, -0.25) is 0 Å². The summed E-state index contributed by atoms with van der Waals surface area (Å²) in [6, 6.07) is 26.7. The predicted molar refractivity (Wildman–Crippen MR) is 151 cm³/mol. The lowest BCUT2D eigenvalue weighted by Crippen LogP contribution is -2.07. The molecule has 0 spiro atoms. The fourth-order valence-electron chi connectivity index (χ4n) is 4.32. The maximum atomic E-state index is 14.1. The van der Waals surface area contributed by atoms with E-state index in [0.29, 0.717) is 34.2 Å². The van der Waals surface area contributed by atoms with Gasteiger partial charge in [0.25, 0.3) is 0 Å². The lowest BCUT2D eigenvalue weighted by atomic mass is 9.98. The smallest absolute Gasteiger partial charge is 0.417 e. The molecule has 1 heterocycles. The third-order valence-corrected chi connectivity index (χ3v) is 6.63. The summed E-state index contributed by atoms with van der Waals surface area (Å²) in [6.07, 6.45) is 0.213. The summed E-state index contributed by atoms with van der Waals surface area (Å²) >= 11 is 6.03. The Labute approximate surface area is 233 Å². The minimum absolute atomic E-state index is 0.0144. The van der Waals surface area contributed by atoms with Gasteiger partial charge in [-0.15, -0.1) is 0 Å². The van der Waals surface area contributed by atoms with Crippen LogP contribution in [0.5, 0.6) is 0 Å². The van der Waals surface area contributed by atoms with Gasteiger partial charge in [0, 0.05) is 23.3 Å². The zero-order valence-corrected chi connectivity index (χ0v) is 21.7. The van der Waals surface area contributed by atoms with Crippen molar-refractivity contribution >= 4 is 29.7 Å². The van der Waals surface area contributed by atoms with Crippen molar-refractivity contribution in [1.82, 2.24) is 9.55 Å². The first-order chi connectivity index (χ1) is 19.2. The first-order valence-corrected chi connectivity index (χ1v) is 12.7. The Bertz CT molecular complexity index is 1670. The molecule has 0 aliphatic rings. The van der Waals surface area contributed by atoms with Crippen molar-refractivity contribution < 1.29 is 23.1 Å². The molecule has 1 aromatic heterocycles. The number of carbonyl (C=O) groups is 1. The van der Waals surface area contributed by atoms with Gasteiger partial charge in [-0.2, -0.15) is 13.2 Å². The van der Waals surface area contributed by atoms with Crippen molar-refractivity contribution in [2.45, 2.75) is 12.7 Å². The van der Waals surface area contributed by atoms with Gasteiger partial charge in [-0.1, -0.05) is 84.4 Å². The second-order valence-corrected chi connectivity index (χ2v) is 9.56. The Kier molecular flexibility index (Phi) is 7.58. The van der Waals surface area contributed by atoms with Crippen LogP contribution in [0.2, 0.25) is 5.02 Å². The van der Waals surface area contributed by atoms with E-state index < -0.39 is 17.7 Å². The zero-order chi connectivity index (χ0) is 28.3. The molecule has 0 amide bonds. The van der Waals surface area contributed by atoms with E-state index in [-0.39, 0.29) is 11.1 Å². The Balaban J connectivity index is 1.53. The summed E-state index contributed by atoms with van der Waals surface area (Å²) in [7, 11) is 0. The van der Waals surface area contributed by atoms with Crippen LogP contribution in [0.3, 0.4) is 0 Å². The second-order valence-electron chi connectivity index (χ2n) is 9.12. The highest BCUT2D eigenvalue weighted by molar-refractivity contribution is 6.30. The molecule has 0 saturated carbocycles.